The van der Waals surface area contributed by atoms with Crippen molar-refractivity contribution in [3.8, 4) is 0 Å². The Labute approximate surface area is 140 Å². The van der Waals surface area contributed by atoms with Crippen molar-refractivity contribution in [2.45, 2.75) is 71.1 Å². The van der Waals surface area contributed by atoms with Crippen molar-refractivity contribution in [2.75, 3.05) is 27.4 Å². The quantitative estimate of drug-likeness (QED) is 0.532. The number of methoxy groups -OCH3 is 2. The molecule has 0 saturated carbocycles. The predicted octanol–water partition coefficient (Wildman–Crippen LogP) is 2.43. The maximum Gasteiger partial charge on any atom is 0.0861 e. The Hall–Kier alpha value is -0.980. The molecule has 1 aromatic heterocycles. The standard InChI is InChI=1S/C17H34N4O2/c1-15(2)18-10-8-6-5-7-9-11-21-13-16(19-20-21)12-17(23-4)14-22-3/h13,15,17-18H,5-12,14H2,1-4H3. The van der Waals surface area contributed by atoms with Crippen molar-refractivity contribution in [1.29, 1.82) is 0 Å². The molecule has 1 atom stereocenters. The second kappa shape index (κ2) is 12.4. The summed E-state index contributed by atoms with van der Waals surface area (Å²) < 4.78 is 12.4. The van der Waals surface area contributed by atoms with Gasteiger partial charge < -0.3 is 14.8 Å². The predicted molar refractivity (Wildman–Crippen MR) is 92.6 cm³/mol. The fourth-order valence-electron chi connectivity index (χ4n) is 2.49. The molecule has 0 aromatic carbocycles. The summed E-state index contributed by atoms with van der Waals surface area (Å²) in [6.07, 6.45) is 9.08. The molecule has 134 valence electrons. The third-order valence-electron chi connectivity index (χ3n) is 3.83. The van der Waals surface area contributed by atoms with Crippen LogP contribution in [-0.4, -0.2) is 54.5 Å². The van der Waals surface area contributed by atoms with Crippen LogP contribution in [0.5, 0.6) is 0 Å². The number of unbranched alkanes of at least 4 members (excludes halogenated alkanes) is 4. The van der Waals surface area contributed by atoms with Crippen LogP contribution in [-0.2, 0) is 22.4 Å². The molecule has 1 heterocycles. The van der Waals surface area contributed by atoms with Crippen molar-refractivity contribution >= 4 is 0 Å². The lowest BCUT2D eigenvalue weighted by molar-refractivity contribution is 0.0283. The molecule has 0 radical (unpaired) electrons. The molecule has 0 bridgehead atoms. The maximum absolute atomic E-state index is 5.36. The summed E-state index contributed by atoms with van der Waals surface area (Å²) in [4.78, 5) is 0. The van der Waals surface area contributed by atoms with Gasteiger partial charge in [0.05, 0.1) is 18.4 Å². The summed E-state index contributed by atoms with van der Waals surface area (Å²) in [5, 5.41) is 11.9. The van der Waals surface area contributed by atoms with E-state index < -0.39 is 0 Å². The minimum atomic E-state index is 0.0459. The summed E-state index contributed by atoms with van der Waals surface area (Å²) in [5.41, 5.74) is 0.966. The van der Waals surface area contributed by atoms with Crippen LogP contribution in [0, 0.1) is 0 Å². The van der Waals surface area contributed by atoms with Crippen LogP contribution < -0.4 is 5.32 Å². The van der Waals surface area contributed by atoms with E-state index in [2.05, 4.69) is 29.5 Å². The summed E-state index contributed by atoms with van der Waals surface area (Å²) >= 11 is 0. The largest absolute Gasteiger partial charge is 0.382 e. The van der Waals surface area contributed by atoms with Gasteiger partial charge in [0.15, 0.2) is 0 Å². The molecule has 23 heavy (non-hydrogen) atoms. The Bertz CT molecular complexity index is 396. The second-order valence-electron chi connectivity index (χ2n) is 6.37. The molecule has 1 aromatic rings. The van der Waals surface area contributed by atoms with Crippen molar-refractivity contribution in [3.05, 3.63) is 11.9 Å². The van der Waals surface area contributed by atoms with Gasteiger partial charge in [-0.3, -0.25) is 4.68 Å². The van der Waals surface area contributed by atoms with Crippen molar-refractivity contribution in [3.63, 3.8) is 0 Å². The first-order valence-electron chi connectivity index (χ1n) is 8.79. The van der Waals surface area contributed by atoms with Gasteiger partial charge in [-0.1, -0.05) is 38.3 Å². The van der Waals surface area contributed by atoms with Gasteiger partial charge in [0, 0.05) is 39.4 Å². The van der Waals surface area contributed by atoms with Crippen LogP contribution in [0.1, 0.15) is 51.6 Å². The number of rotatable bonds is 14. The Morgan fingerprint density at radius 3 is 2.57 bits per heavy atom. The van der Waals surface area contributed by atoms with E-state index in [1.165, 1.54) is 25.7 Å². The SMILES string of the molecule is COCC(Cc1cn(CCCCCCCNC(C)C)nn1)OC. The van der Waals surface area contributed by atoms with E-state index in [1.807, 2.05) is 10.9 Å². The van der Waals surface area contributed by atoms with Crippen molar-refractivity contribution in [2.24, 2.45) is 0 Å². The number of nitrogens with zero attached hydrogens (tertiary/aromatic N) is 3. The summed E-state index contributed by atoms with van der Waals surface area (Å²) in [6.45, 7) is 7.04. The van der Waals surface area contributed by atoms with Gasteiger partial charge in [0.1, 0.15) is 0 Å². The monoisotopic (exact) mass is 326 g/mol. The fourth-order valence-corrected chi connectivity index (χ4v) is 2.49. The van der Waals surface area contributed by atoms with E-state index >= 15 is 0 Å². The molecule has 0 amide bonds. The van der Waals surface area contributed by atoms with E-state index in [0.29, 0.717) is 12.6 Å². The second-order valence-corrected chi connectivity index (χ2v) is 6.37. The highest BCUT2D eigenvalue weighted by atomic mass is 16.5. The maximum atomic E-state index is 5.36. The zero-order chi connectivity index (χ0) is 16.9. The van der Waals surface area contributed by atoms with Crippen molar-refractivity contribution < 1.29 is 9.47 Å². The molecular weight excluding hydrogens is 292 g/mol. The first-order chi connectivity index (χ1) is 11.2. The fraction of sp³-hybridized carbons (Fsp3) is 0.882. The normalized spacial score (nSPS) is 12.9. The third kappa shape index (κ3) is 9.69. The lowest BCUT2D eigenvalue weighted by Gasteiger charge is -2.11. The topological polar surface area (TPSA) is 61.2 Å². The zero-order valence-electron chi connectivity index (χ0n) is 15.3. The van der Waals surface area contributed by atoms with Crippen LogP contribution in [0.15, 0.2) is 6.20 Å². The Morgan fingerprint density at radius 1 is 1.13 bits per heavy atom. The number of ether oxygens (including phenoxy) is 2. The lowest BCUT2D eigenvalue weighted by atomic mass is 10.1. The van der Waals surface area contributed by atoms with Gasteiger partial charge >= 0.3 is 0 Å². The van der Waals surface area contributed by atoms with Gasteiger partial charge in [-0.2, -0.15) is 0 Å². The summed E-state index contributed by atoms with van der Waals surface area (Å²) in [5.74, 6) is 0. The highest BCUT2D eigenvalue weighted by molar-refractivity contribution is 4.94. The van der Waals surface area contributed by atoms with E-state index in [1.54, 1.807) is 14.2 Å². The van der Waals surface area contributed by atoms with Crippen LogP contribution in [0.25, 0.3) is 0 Å². The minimum absolute atomic E-state index is 0.0459. The Morgan fingerprint density at radius 2 is 1.87 bits per heavy atom. The Balaban J connectivity index is 2.09. The molecule has 1 unspecified atom stereocenters. The summed E-state index contributed by atoms with van der Waals surface area (Å²) in [7, 11) is 3.38. The molecule has 0 fully saturated rings. The number of aryl methyl sites for hydroxylation is 1. The zero-order valence-corrected chi connectivity index (χ0v) is 15.3. The number of nitrogens with one attached hydrogen (secondary N) is 1. The smallest absolute Gasteiger partial charge is 0.0861 e. The highest BCUT2D eigenvalue weighted by Gasteiger charge is 2.11. The molecule has 1 N–H and O–H groups in total. The number of hydrogen-bond acceptors (Lipinski definition) is 5. The van der Waals surface area contributed by atoms with Crippen LogP contribution >= 0.6 is 0 Å². The van der Waals surface area contributed by atoms with E-state index in [0.717, 1.165) is 31.6 Å². The van der Waals surface area contributed by atoms with Gasteiger partial charge in [-0.15, -0.1) is 5.10 Å². The molecule has 0 aliphatic heterocycles. The molecule has 0 spiro atoms. The molecule has 0 aliphatic rings. The Kier molecular flexibility index (Phi) is 10.9. The third-order valence-corrected chi connectivity index (χ3v) is 3.83. The molecular formula is C17H34N4O2. The molecule has 1 rings (SSSR count). The first kappa shape index (κ1) is 20.1. The van der Waals surface area contributed by atoms with Crippen LogP contribution in [0.2, 0.25) is 0 Å². The molecule has 0 saturated heterocycles. The van der Waals surface area contributed by atoms with E-state index in [9.17, 15) is 0 Å². The van der Waals surface area contributed by atoms with Crippen LogP contribution in [0.4, 0.5) is 0 Å². The van der Waals surface area contributed by atoms with E-state index in [4.69, 9.17) is 9.47 Å². The molecule has 6 heteroatoms. The highest BCUT2D eigenvalue weighted by Crippen LogP contribution is 2.06. The van der Waals surface area contributed by atoms with Crippen LogP contribution in [0.3, 0.4) is 0 Å². The van der Waals surface area contributed by atoms with Crippen molar-refractivity contribution in [1.82, 2.24) is 20.3 Å². The average molecular weight is 326 g/mol. The first-order valence-corrected chi connectivity index (χ1v) is 8.79. The average Bonchev–Trinajstić information content (AvgIpc) is 2.96. The van der Waals surface area contributed by atoms with Gasteiger partial charge in [-0.25, -0.2) is 0 Å². The van der Waals surface area contributed by atoms with E-state index in [-0.39, 0.29) is 6.10 Å². The number of hydrogen-bond donors (Lipinski definition) is 1. The molecule has 0 aliphatic carbocycles. The molecule has 6 nitrogen and oxygen atoms in total. The number of aromatic nitrogens is 3. The van der Waals surface area contributed by atoms with Gasteiger partial charge in [-0.05, 0) is 19.4 Å². The lowest BCUT2D eigenvalue weighted by Crippen LogP contribution is -2.23. The van der Waals surface area contributed by atoms with Gasteiger partial charge in [0.2, 0.25) is 0 Å². The van der Waals surface area contributed by atoms with Gasteiger partial charge in [0.25, 0.3) is 0 Å². The minimum Gasteiger partial charge on any atom is -0.382 e. The summed E-state index contributed by atoms with van der Waals surface area (Å²) in [6, 6.07) is 0.595.